The number of ether oxygens (including phenoxy) is 1. The summed E-state index contributed by atoms with van der Waals surface area (Å²) < 4.78 is 28.9. The second kappa shape index (κ2) is 7.53. The van der Waals surface area contributed by atoms with Crippen LogP contribution in [0.2, 0.25) is 0 Å². The Hall–Kier alpha value is -2.44. The Morgan fingerprint density at radius 3 is 2.68 bits per heavy atom. The molecule has 0 atom stereocenters. The fraction of sp³-hybridized carbons (Fsp3) is 0.318. The molecule has 0 amide bonds. The third kappa shape index (κ3) is 4.34. The van der Waals surface area contributed by atoms with E-state index in [1.54, 1.807) is 0 Å². The van der Waals surface area contributed by atoms with Crippen molar-refractivity contribution in [1.29, 1.82) is 0 Å². The molecule has 5 nitrogen and oxygen atoms in total. The lowest BCUT2D eigenvalue weighted by atomic mass is 9.99. The van der Waals surface area contributed by atoms with Gasteiger partial charge in [-0.05, 0) is 60.2 Å². The zero-order valence-corrected chi connectivity index (χ0v) is 16.6. The highest BCUT2D eigenvalue weighted by Crippen LogP contribution is 2.44. The van der Waals surface area contributed by atoms with E-state index in [0.29, 0.717) is 11.7 Å². The molecule has 1 fully saturated rings. The van der Waals surface area contributed by atoms with E-state index < -0.39 is 9.84 Å². The summed E-state index contributed by atoms with van der Waals surface area (Å²) in [6, 6.07) is 15.6. The minimum atomic E-state index is -3.08. The van der Waals surface area contributed by atoms with E-state index in [1.165, 1.54) is 11.8 Å². The molecule has 1 aliphatic carbocycles. The van der Waals surface area contributed by atoms with Crippen LogP contribution in [0.3, 0.4) is 0 Å². The van der Waals surface area contributed by atoms with Crippen LogP contribution in [0.25, 0.3) is 22.2 Å². The molecular formula is C22H23NO4S. The van der Waals surface area contributed by atoms with Gasteiger partial charge in [0.1, 0.15) is 12.4 Å². The molecular weight excluding hydrogens is 374 g/mol. The van der Waals surface area contributed by atoms with Crippen molar-refractivity contribution in [2.75, 3.05) is 19.5 Å². The van der Waals surface area contributed by atoms with Crippen molar-refractivity contribution >= 4 is 20.7 Å². The Kier molecular flexibility index (Phi) is 5.08. The van der Waals surface area contributed by atoms with Crippen LogP contribution < -0.4 is 4.74 Å². The zero-order valence-electron chi connectivity index (χ0n) is 15.8. The van der Waals surface area contributed by atoms with Gasteiger partial charge in [0.05, 0.1) is 23.6 Å². The molecule has 0 aliphatic heterocycles. The third-order valence-electron chi connectivity index (χ3n) is 4.84. The molecule has 28 heavy (non-hydrogen) atoms. The second-order valence-corrected chi connectivity index (χ2v) is 9.53. The van der Waals surface area contributed by atoms with Crippen molar-refractivity contribution < 1.29 is 18.3 Å². The number of aliphatic hydroxyl groups is 1. The predicted octanol–water partition coefficient (Wildman–Crippen LogP) is 3.69. The van der Waals surface area contributed by atoms with Crippen LogP contribution in [0.15, 0.2) is 48.5 Å². The smallest absolute Gasteiger partial charge is 0.151 e. The van der Waals surface area contributed by atoms with Crippen molar-refractivity contribution in [1.82, 2.24) is 4.98 Å². The lowest BCUT2D eigenvalue weighted by molar-refractivity contribution is 0.201. The van der Waals surface area contributed by atoms with Crippen molar-refractivity contribution in [3.8, 4) is 17.0 Å². The molecule has 4 rings (SSSR count). The summed E-state index contributed by atoms with van der Waals surface area (Å²) in [5.41, 5.74) is 4.74. The topological polar surface area (TPSA) is 76.5 Å². The van der Waals surface area contributed by atoms with Crippen LogP contribution in [0.1, 0.15) is 29.9 Å². The SMILES string of the molecule is CS(=O)(=O)Cc1ccc2nc(-c3cccc(OCCO)c3)cc(C3CC3)c2c1. The van der Waals surface area contributed by atoms with E-state index in [4.69, 9.17) is 14.8 Å². The molecule has 6 heteroatoms. The monoisotopic (exact) mass is 397 g/mol. The Bertz CT molecular complexity index is 1120. The van der Waals surface area contributed by atoms with Gasteiger partial charge in [-0.15, -0.1) is 0 Å². The number of hydrogen-bond acceptors (Lipinski definition) is 5. The first kappa shape index (κ1) is 18.9. The number of benzene rings is 2. The Morgan fingerprint density at radius 1 is 1.14 bits per heavy atom. The molecule has 0 spiro atoms. The van der Waals surface area contributed by atoms with Crippen molar-refractivity contribution in [3.05, 3.63) is 59.7 Å². The number of rotatable bonds is 7. The molecule has 0 saturated heterocycles. The van der Waals surface area contributed by atoms with Gasteiger partial charge in [-0.25, -0.2) is 13.4 Å². The summed E-state index contributed by atoms with van der Waals surface area (Å²) in [7, 11) is -3.08. The van der Waals surface area contributed by atoms with Gasteiger partial charge in [0.15, 0.2) is 9.84 Å². The largest absolute Gasteiger partial charge is 0.491 e. The second-order valence-electron chi connectivity index (χ2n) is 7.39. The minimum absolute atomic E-state index is 0.0277. The van der Waals surface area contributed by atoms with Gasteiger partial charge >= 0.3 is 0 Å². The molecule has 146 valence electrons. The van der Waals surface area contributed by atoms with Crippen molar-refractivity contribution in [2.45, 2.75) is 24.5 Å². The van der Waals surface area contributed by atoms with E-state index in [0.717, 1.165) is 40.6 Å². The highest BCUT2D eigenvalue weighted by atomic mass is 32.2. The molecule has 3 aromatic rings. The van der Waals surface area contributed by atoms with Crippen molar-refractivity contribution in [3.63, 3.8) is 0 Å². The lowest BCUT2D eigenvalue weighted by Gasteiger charge is -2.12. The quantitative estimate of drug-likeness (QED) is 0.658. The molecule has 1 heterocycles. The van der Waals surface area contributed by atoms with Crippen LogP contribution in [0.5, 0.6) is 5.75 Å². The van der Waals surface area contributed by atoms with Gasteiger partial charge < -0.3 is 9.84 Å². The van der Waals surface area contributed by atoms with E-state index in [9.17, 15) is 8.42 Å². The van der Waals surface area contributed by atoms with Gasteiger partial charge in [-0.2, -0.15) is 0 Å². The summed E-state index contributed by atoms with van der Waals surface area (Å²) in [6.45, 7) is 0.227. The van der Waals surface area contributed by atoms with E-state index in [-0.39, 0.29) is 19.0 Å². The number of aromatic nitrogens is 1. The molecule has 1 aromatic heterocycles. The van der Waals surface area contributed by atoms with Crippen LogP contribution in [-0.2, 0) is 15.6 Å². The summed E-state index contributed by atoms with van der Waals surface area (Å²) >= 11 is 0. The van der Waals surface area contributed by atoms with Gasteiger partial charge in [-0.3, -0.25) is 0 Å². The predicted molar refractivity (Wildman–Crippen MR) is 110 cm³/mol. The van der Waals surface area contributed by atoms with Gasteiger partial charge in [0, 0.05) is 17.2 Å². The highest BCUT2D eigenvalue weighted by molar-refractivity contribution is 7.89. The third-order valence-corrected chi connectivity index (χ3v) is 5.70. The van der Waals surface area contributed by atoms with Crippen LogP contribution in [0.4, 0.5) is 0 Å². The van der Waals surface area contributed by atoms with Gasteiger partial charge in [-0.1, -0.05) is 18.2 Å². The number of nitrogens with zero attached hydrogens (tertiary/aromatic N) is 1. The Morgan fingerprint density at radius 2 is 1.96 bits per heavy atom. The van der Waals surface area contributed by atoms with Crippen LogP contribution in [0, 0.1) is 0 Å². The number of aliphatic hydroxyl groups excluding tert-OH is 1. The maximum absolute atomic E-state index is 11.7. The molecule has 0 radical (unpaired) electrons. The van der Waals surface area contributed by atoms with Gasteiger partial charge in [0.2, 0.25) is 0 Å². The Balaban J connectivity index is 1.78. The normalized spacial score (nSPS) is 14.4. The molecule has 0 bridgehead atoms. The summed E-state index contributed by atoms with van der Waals surface area (Å²) in [5, 5.41) is 10.00. The highest BCUT2D eigenvalue weighted by Gasteiger charge is 2.26. The zero-order chi connectivity index (χ0) is 19.7. The molecule has 0 unspecified atom stereocenters. The van der Waals surface area contributed by atoms with Crippen molar-refractivity contribution in [2.24, 2.45) is 0 Å². The minimum Gasteiger partial charge on any atom is -0.491 e. The first-order valence-electron chi connectivity index (χ1n) is 9.38. The number of hydrogen-bond donors (Lipinski definition) is 1. The van der Waals surface area contributed by atoms with Crippen LogP contribution in [-0.4, -0.2) is 38.0 Å². The number of pyridine rings is 1. The lowest BCUT2D eigenvalue weighted by Crippen LogP contribution is -2.02. The summed E-state index contributed by atoms with van der Waals surface area (Å²) in [5.74, 6) is 1.25. The van der Waals surface area contributed by atoms with Crippen LogP contribution >= 0.6 is 0 Å². The molecule has 1 aliphatic rings. The molecule has 1 saturated carbocycles. The average Bonchev–Trinajstić information content (AvgIpc) is 3.49. The maximum Gasteiger partial charge on any atom is 0.151 e. The summed E-state index contributed by atoms with van der Waals surface area (Å²) in [4.78, 5) is 4.82. The Labute approximate surface area is 164 Å². The van der Waals surface area contributed by atoms with Gasteiger partial charge in [0.25, 0.3) is 0 Å². The number of fused-ring (bicyclic) bond motifs is 1. The summed E-state index contributed by atoms with van der Waals surface area (Å²) in [6.07, 6.45) is 3.55. The van der Waals surface area contributed by atoms with E-state index >= 15 is 0 Å². The average molecular weight is 397 g/mol. The fourth-order valence-electron chi connectivity index (χ4n) is 3.48. The fourth-order valence-corrected chi connectivity index (χ4v) is 4.27. The maximum atomic E-state index is 11.7. The molecule has 2 aromatic carbocycles. The number of sulfone groups is 1. The van der Waals surface area contributed by atoms with E-state index in [2.05, 4.69) is 6.07 Å². The molecule has 1 N–H and O–H groups in total. The first-order valence-corrected chi connectivity index (χ1v) is 11.4. The van der Waals surface area contributed by atoms with E-state index in [1.807, 2.05) is 42.5 Å². The first-order chi connectivity index (χ1) is 13.4. The standard InChI is InChI=1S/C22H23NO4S/c1-28(25,26)14-15-5-8-21-20(11-15)19(16-6-7-16)13-22(23-21)17-3-2-4-18(12-17)27-10-9-24/h2-5,8,11-13,16,24H,6-7,9-10,14H2,1H3.